The Bertz CT molecular complexity index is 1120. The molecular formula is C26H27N3O5. The number of hydrogen-bond acceptors (Lipinski definition) is 5. The lowest BCUT2D eigenvalue weighted by Crippen LogP contribution is -2.48. The van der Waals surface area contributed by atoms with Crippen molar-refractivity contribution >= 4 is 23.6 Å². The van der Waals surface area contributed by atoms with Crippen molar-refractivity contribution in [3.63, 3.8) is 0 Å². The maximum absolute atomic E-state index is 13.1. The fourth-order valence-corrected chi connectivity index (χ4v) is 4.42. The third-order valence-electron chi connectivity index (χ3n) is 6.47. The standard InChI is InChI=1S/C26H27N3O5/c30-23(28-22(24(31)27-18-9-10-18)13-16-5-2-1-3-6-16)17-8-11-20-21(14-17)26(33)29(25(20)32)15-19-7-4-12-34-19/h1-3,5-6,8,11,14,18-19,22H,4,7,9-10,12-13,15H2,(H,27,31)(H,28,30). The van der Waals surface area contributed by atoms with Gasteiger partial charge in [-0.05, 0) is 49.4 Å². The zero-order valence-electron chi connectivity index (χ0n) is 18.8. The van der Waals surface area contributed by atoms with Crippen LogP contribution in [-0.2, 0) is 16.0 Å². The smallest absolute Gasteiger partial charge is 0.261 e. The molecule has 0 aromatic heterocycles. The lowest BCUT2D eigenvalue weighted by Gasteiger charge is -2.19. The molecule has 5 rings (SSSR count). The molecule has 0 radical (unpaired) electrons. The van der Waals surface area contributed by atoms with E-state index in [2.05, 4.69) is 10.6 Å². The van der Waals surface area contributed by atoms with E-state index < -0.39 is 17.9 Å². The Kier molecular flexibility index (Phi) is 6.15. The van der Waals surface area contributed by atoms with Gasteiger partial charge >= 0.3 is 0 Å². The van der Waals surface area contributed by atoms with E-state index in [0.29, 0.717) is 13.0 Å². The summed E-state index contributed by atoms with van der Waals surface area (Å²) < 4.78 is 5.57. The minimum absolute atomic E-state index is 0.145. The Morgan fingerprint density at radius 2 is 1.76 bits per heavy atom. The van der Waals surface area contributed by atoms with Crippen molar-refractivity contribution < 1.29 is 23.9 Å². The highest BCUT2D eigenvalue weighted by molar-refractivity contribution is 6.22. The summed E-state index contributed by atoms with van der Waals surface area (Å²) in [5.41, 5.74) is 1.65. The Hall–Kier alpha value is -3.52. The van der Waals surface area contributed by atoms with Crippen LogP contribution in [0.3, 0.4) is 0 Å². The molecule has 8 heteroatoms. The van der Waals surface area contributed by atoms with E-state index in [0.717, 1.165) is 31.2 Å². The lowest BCUT2D eigenvalue weighted by atomic mass is 10.0. The zero-order chi connectivity index (χ0) is 23.7. The Labute approximate surface area is 197 Å². The van der Waals surface area contributed by atoms with Gasteiger partial charge in [0.2, 0.25) is 5.91 Å². The topological polar surface area (TPSA) is 105 Å². The van der Waals surface area contributed by atoms with Gasteiger partial charge in [-0.2, -0.15) is 0 Å². The van der Waals surface area contributed by atoms with Gasteiger partial charge in [-0.15, -0.1) is 0 Å². The average molecular weight is 462 g/mol. The molecular weight excluding hydrogens is 434 g/mol. The summed E-state index contributed by atoms with van der Waals surface area (Å²) >= 11 is 0. The first-order valence-corrected chi connectivity index (χ1v) is 11.8. The number of nitrogens with zero attached hydrogens (tertiary/aromatic N) is 1. The van der Waals surface area contributed by atoms with Crippen molar-refractivity contribution in [1.29, 1.82) is 0 Å². The molecule has 0 bridgehead atoms. The van der Waals surface area contributed by atoms with E-state index in [1.807, 2.05) is 30.3 Å². The molecule has 2 unspecified atom stereocenters. The summed E-state index contributed by atoms with van der Waals surface area (Å²) in [4.78, 5) is 52.8. The maximum atomic E-state index is 13.1. The summed E-state index contributed by atoms with van der Waals surface area (Å²) in [7, 11) is 0. The number of ether oxygens (including phenoxy) is 1. The summed E-state index contributed by atoms with van der Waals surface area (Å²) in [6.45, 7) is 0.852. The predicted molar refractivity (Wildman–Crippen MR) is 123 cm³/mol. The predicted octanol–water partition coefficient (Wildman–Crippen LogP) is 2.08. The number of hydrogen-bond donors (Lipinski definition) is 2. The molecule has 0 spiro atoms. The number of carbonyl (C=O) groups is 4. The van der Waals surface area contributed by atoms with Crippen LogP contribution in [0.4, 0.5) is 0 Å². The van der Waals surface area contributed by atoms with Gasteiger partial charge in [-0.3, -0.25) is 24.1 Å². The number of fused-ring (bicyclic) bond motifs is 1. The van der Waals surface area contributed by atoms with E-state index in [-0.39, 0.29) is 47.2 Å². The fraction of sp³-hybridized carbons (Fsp3) is 0.385. The highest BCUT2D eigenvalue weighted by atomic mass is 16.5. The molecule has 2 aromatic carbocycles. The van der Waals surface area contributed by atoms with Crippen molar-refractivity contribution in [3.8, 4) is 0 Å². The van der Waals surface area contributed by atoms with Crippen molar-refractivity contribution in [2.24, 2.45) is 0 Å². The van der Waals surface area contributed by atoms with Crippen LogP contribution >= 0.6 is 0 Å². The second-order valence-electron chi connectivity index (χ2n) is 9.11. The molecule has 3 aliphatic rings. The molecule has 4 amide bonds. The molecule has 2 aromatic rings. The van der Waals surface area contributed by atoms with Crippen LogP contribution in [0.1, 0.15) is 62.3 Å². The third-order valence-corrected chi connectivity index (χ3v) is 6.47. The van der Waals surface area contributed by atoms with Gasteiger partial charge in [0.15, 0.2) is 0 Å². The second-order valence-corrected chi connectivity index (χ2v) is 9.11. The Morgan fingerprint density at radius 1 is 1.00 bits per heavy atom. The first-order valence-electron chi connectivity index (χ1n) is 11.8. The lowest BCUT2D eigenvalue weighted by molar-refractivity contribution is -0.123. The van der Waals surface area contributed by atoms with Gasteiger partial charge in [0, 0.05) is 24.6 Å². The molecule has 2 fully saturated rings. The average Bonchev–Trinajstić information content (AvgIpc) is 3.45. The van der Waals surface area contributed by atoms with Crippen molar-refractivity contribution in [1.82, 2.24) is 15.5 Å². The van der Waals surface area contributed by atoms with Crippen LogP contribution in [0.15, 0.2) is 48.5 Å². The highest BCUT2D eigenvalue weighted by Crippen LogP contribution is 2.26. The third kappa shape index (κ3) is 4.72. The quantitative estimate of drug-likeness (QED) is 0.586. The van der Waals surface area contributed by atoms with Crippen molar-refractivity contribution in [2.45, 2.75) is 50.3 Å². The molecule has 2 heterocycles. The molecule has 8 nitrogen and oxygen atoms in total. The van der Waals surface area contributed by atoms with Crippen molar-refractivity contribution in [2.75, 3.05) is 13.2 Å². The zero-order valence-corrected chi connectivity index (χ0v) is 18.8. The summed E-state index contributed by atoms with van der Waals surface area (Å²) in [6.07, 6.45) is 3.82. The molecule has 1 aliphatic carbocycles. The Morgan fingerprint density at radius 3 is 2.47 bits per heavy atom. The number of rotatable bonds is 8. The van der Waals surface area contributed by atoms with Crippen LogP contribution in [-0.4, -0.2) is 59.9 Å². The second kappa shape index (κ2) is 9.38. The summed E-state index contributed by atoms with van der Waals surface area (Å²) in [5.74, 6) is -1.48. The highest BCUT2D eigenvalue weighted by Gasteiger charge is 2.38. The normalized spacial score (nSPS) is 20.2. The minimum Gasteiger partial charge on any atom is -0.376 e. The van der Waals surface area contributed by atoms with E-state index in [4.69, 9.17) is 4.74 Å². The summed E-state index contributed by atoms with van der Waals surface area (Å²) in [6, 6.07) is 13.4. The van der Waals surface area contributed by atoms with Gasteiger partial charge in [0.1, 0.15) is 6.04 Å². The van der Waals surface area contributed by atoms with Gasteiger partial charge < -0.3 is 15.4 Å². The van der Waals surface area contributed by atoms with Gasteiger partial charge in [0.25, 0.3) is 17.7 Å². The monoisotopic (exact) mass is 461 g/mol. The molecule has 1 saturated carbocycles. The van der Waals surface area contributed by atoms with Gasteiger partial charge in [0.05, 0.1) is 23.8 Å². The summed E-state index contributed by atoms with van der Waals surface area (Å²) in [5, 5.41) is 5.78. The van der Waals surface area contributed by atoms with Crippen LogP contribution in [0.2, 0.25) is 0 Å². The number of nitrogens with one attached hydrogen (secondary N) is 2. The Balaban J connectivity index is 1.31. The molecule has 2 atom stereocenters. The molecule has 176 valence electrons. The first-order chi connectivity index (χ1) is 16.5. The SMILES string of the molecule is O=C(NC(Cc1ccccc1)C(=O)NC1CC1)c1ccc2c(c1)C(=O)N(CC1CCCO1)C2=O. The van der Waals surface area contributed by atoms with E-state index in [1.54, 1.807) is 0 Å². The number of carbonyl (C=O) groups excluding carboxylic acids is 4. The molecule has 2 aliphatic heterocycles. The van der Waals surface area contributed by atoms with Crippen LogP contribution in [0.5, 0.6) is 0 Å². The van der Waals surface area contributed by atoms with E-state index in [9.17, 15) is 19.2 Å². The van der Waals surface area contributed by atoms with Crippen LogP contribution in [0.25, 0.3) is 0 Å². The number of imide groups is 1. The molecule has 2 N–H and O–H groups in total. The van der Waals surface area contributed by atoms with Crippen LogP contribution < -0.4 is 10.6 Å². The first kappa shape index (κ1) is 22.3. The van der Waals surface area contributed by atoms with E-state index in [1.165, 1.54) is 23.1 Å². The van der Waals surface area contributed by atoms with Gasteiger partial charge in [-0.25, -0.2) is 0 Å². The van der Waals surface area contributed by atoms with Crippen molar-refractivity contribution in [3.05, 3.63) is 70.8 Å². The van der Waals surface area contributed by atoms with Gasteiger partial charge in [-0.1, -0.05) is 30.3 Å². The molecule has 34 heavy (non-hydrogen) atoms. The minimum atomic E-state index is -0.753. The number of amides is 4. The van der Waals surface area contributed by atoms with E-state index >= 15 is 0 Å². The molecule has 1 saturated heterocycles. The number of benzene rings is 2. The van der Waals surface area contributed by atoms with Crippen LogP contribution in [0, 0.1) is 0 Å². The largest absolute Gasteiger partial charge is 0.376 e. The fourth-order valence-electron chi connectivity index (χ4n) is 4.42. The maximum Gasteiger partial charge on any atom is 0.261 e.